The maximum atomic E-state index is 13.2. The molecule has 0 aromatic heterocycles. The molecule has 3 fully saturated rings. The molecule has 4 heterocycles. The Labute approximate surface area is 237 Å². The van der Waals surface area contributed by atoms with Gasteiger partial charge in [-0.15, -0.1) is 0 Å². The number of anilines is 1. The number of rotatable bonds is 6. The zero-order valence-corrected chi connectivity index (χ0v) is 22.7. The zero-order valence-electron chi connectivity index (χ0n) is 22.7. The Kier molecular flexibility index (Phi) is 7.21. The van der Waals surface area contributed by atoms with Crippen LogP contribution in [0.25, 0.3) is 0 Å². The summed E-state index contributed by atoms with van der Waals surface area (Å²) in [5.74, 6) is -1.67. The topological polar surface area (TPSA) is 142 Å². The molecular weight excluding hydrogens is 526 g/mol. The Bertz CT molecular complexity index is 1390. The van der Waals surface area contributed by atoms with Crippen LogP contribution in [0.15, 0.2) is 42.5 Å². The maximum absolute atomic E-state index is 13.2. The van der Waals surface area contributed by atoms with Crippen molar-refractivity contribution in [1.82, 2.24) is 15.1 Å². The number of nitrogens with zero attached hydrogens (tertiary/aromatic N) is 3. The number of piperidine rings is 3. The second-order valence-corrected chi connectivity index (χ2v) is 11.1. The molecular formula is C30H33N5O6. The van der Waals surface area contributed by atoms with Gasteiger partial charge in [0.2, 0.25) is 17.7 Å². The highest BCUT2D eigenvalue weighted by Crippen LogP contribution is 2.32. The van der Waals surface area contributed by atoms with E-state index in [1.54, 1.807) is 36.4 Å². The molecule has 2 aromatic rings. The van der Waals surface area contributed by atoms with Crippen LogP contribution in [-0.2, 0) is 9.59 Å². The van der Waals surface area contributed by atoms with Gasteiger partial charge in [-0.2, -0.15) is 0 Å². The number of amides is 5. The molecule has 0 saturated carbocycles. The van der Waals surface area contributed by atoms with E-state index in [1.807, 2.05) is 6.07 Å². The minimum Gasteiger partial charge on any atom is -0.490 e. The molecule has 11 nitrogen and oxygen atoms in total. The van der Waals surface area contributed by atoms with Crippen LogP contribution >= 0.6 is 0 Å². The first kappa shape index (κ1) is 26.9. The number of primary amides is 1. The van der Waals surface area contributed by atoms with Crippen molar-refractivity contribution in [3.8, 4) is 5.75 Å². The maximum Gasteiger partial charge on any atom is 0.262 e. The summed E-state index contributed by atoms with van der Waals surface area (Å²) in [6.07, 6.45) is 4.23. The third-order valence-corrected chi connectivity index (χ3v) is 8.69. The lowest BCUT2D eigenvalue weighted by Gasteiger charge is -2.42. The number of carbonyl (C=O) groups is 5. The van der Waals surface area contributed by atoms with Crippen LogP contribution in [0.2, 0.25) is 0 Å². The third-order valence-electron chi connectivity index (χ3n) is 8.69. The van der Waals surface area contributed by atoms with Crippen molar-refractivity contribution >= 4 is 35.2 Å². The molecule has 0 spiro atoms. The number of hydrogen-bond acceptors (Lipinski definition) is 8. The lowest BCUT2D eigenvalue weighted by molar-refractivity contribution is -0.136. The molecule has 1 unspecified atom stereocenters. The van der Waals surface area contributed by atoms with E-state index in [0.717, 1.165) is 68.2 Å². The average molecular weight is 560 g/mol. The summed E-state index contributed by atoms with van der Waals surface area (Å²) in [6, 6.07) is 11.8. The third kappa shape index (κ3) is 5.29. The van der Waals surface area contributed by atoms with Gasteiger partial charge in [0.05, 0.1) is 11.1 Å². The quantitative estimate of drug-likeness (QED) is 0.510. The molecule has 41 heavy (non-hydrogen) atoms. The number of nitrogens with one attached hydrogen (secondary N) is 1. The van der Waals surface area contributed by atoms with Gasteiger partial charge >= 0.3 is 0 Å². The van der Waals surface area contributed by atoms with Crippen LogP contribution in [0.3, 0.4) is 0 Å². The minimum atomic E-state index is -0.962. The van der Waals surface area contributed by atoms with Crippen molar-refractivity contribution in [2.45, 2.75) is 56.7 Å². The number of likely N-dealkylation sites (tertiary alicyclic amines) is 1. The van der Waals surface area contributed by atoms with Crippen molar-refractivity contribution in [1.29, 1.82) is 0 Å². The van der Waals surface area contributed by atoms with Crippen LogP contribution in [0.5, 0.6) is 5.75 Å². The van der Waals surface area contributed by atoms with Gasteiger partial charge in [-0.1, -0.05) is 0 Å². The number of hydrogen-bond donors (Lipinski definition) is 2. The highest BCUT2D eigenvalue weighted by atomic mass is 16.5. The summed E-state index contributed by atoms with van der Waals surface area (Å²) in [5, 5.41) is 2.23. The van der Waals surface area contributed by atoms with Crippen LogP contribution in [0.4, 0.5) is 5.69 Å². The van der Waals surface area contributed by atoms with Gasteiger partial charge < -0.3 is 15.4 Å². The molecule has 4 aliphatic rings. The Morgan fingerprint density at radius 3 is 2.17 bits per heavy atom. The van der Waals surface area contributed by atoms with Crippen molar-refractivity contribution in [3.05, 3.63) is 59.2 Å². The molecule has 0 aliphatic carbocycles. The van der Waals surface area contributed by atoms with Crippen molar-refractivity contribution in [3.63, 3.8) is 0 Å². The normalized spacial score (nSPS) is 22.6. The van der Waals surface area contributed by atoms with E-state index in [-0.39, 0.29) is 24.9 Å². The van der Waals surface area contributed by atoms with Crippen molar-refractivity contribution < 1.29 is 28.7 Å². The summed E-state index contributed by atoms with van der Waals surface area (Å²) < 4.78 is 6.13. The van der Waals surface area contributed by atoms with E-state index in [4.69, 9.17) is 10.5 Å². The second kappa shape index (κ2) is 11.0. The fourth-order valence-electron chi connectivity index (χ4n) is 6.39. The van der Waals surface area contributed by atoms with Crippen LogP contribution in [-0.4, -0.2) is 83.7 Å². The van der Waals surface area contributed by atoms with E-state index >= 15 is 0 Å². The molecule has 0 bridgehead atoms. The SMILES string of the molecule is NC(=O)c1ccc(OC2CCN(C3CCN(c4ccc5c(c4)C(=O)N(C4CCC(=O)NC4=O)C5=O)CC3)CC2)cc1. The summed E-state index contributed by atoms with van der Waals surface area (Å²) in [4.78, 5) is 67.1. The van der Waals surface area contributed by atoms with E-state index < -0.39 is 29.7 Å². The highest BCUT2D eigenvalue weighted by Gasteiger charge is 2.45. The van der Waals surface area contributed by atoms with Crippen LogP contribution < -0.4 is 20.7 Å². The Balaban J connectivity index is 1.02. The molecule has 3 saturated heterocycles. The smallest absolute Gasteiger partial charge is 0.262 e. The van der Waals surface area contributed by atoms with Crippen molar-refractivity contribution in [2.75, 3.05) is 31.1 Å². The standard InChI is InChI=1S/C30H33N5O6/c31-27(37)18-1-4-21(5-2-18)41-22-11-15-33(16-12-22)19-9-13-34(14-10-19)20-3-6-23-24(17-20)30(40)35(29(23)39)25-7-8-26(36)32-28(25)38/h1-6,17,19,22,25H,7-16H2,(H2,31,37)(H,32,36,38). The minimum absolute atomic E-state index is 0.0981. The highest BCUT2D eigenvalue weighted by molar-refractivity contribution is 6.23. The van der Waals surface area contributed by atoms with E-state index in [2.05, 4.69) is 15.1 Å². The van der Waals surface area contributed by atoms with Gasteiger partial charge in [-0.25, -0.2) is 0 Å². The molecule has 5 amide bonds. The summed E-state index contributed by atoms with van der Waals surface area (Å²) in [7, 11) is 0. The summed E-state index contributed by atoms with van der Waals surface area (Å²) >= 11 is 0. The van der Waals surface area contributed by atoms with E-state index in [9.17, 15) is 24.0 Å². The first-order chi connectivity index (χ1) is 19.8. The van der Waals surface area contributed by atoms with Gasteiger partial charge in [0.25, 0.3) is 11.8 Å². The van der Waals surface area contributed by atoms with Gasteiger partial charge in [-0.3, -0.25) is 39.1 Å². The first-order valence-electron chi connectivity index (χ1n) is 14.2. The Morgan fingerprint density at radius 1 is 0.829 bits per heavy atom. The predicted octanol–water partition coefficient (Wildman–Crippen LogP) is 1.70. The molecule has 11 heteroatoms. The van der Waals surface area contributed by atoms with Crippen molar-refractivity contribution in [2.24, 2.45) is 5.73 Å². The zero-order chi connectivity index (χ0) is 28.7. The summed E-state index contributed by atoms with van der Waals surface area (Å²) in [5.41, 5.74) is 7.28. The predicted molar refractivity (Wildman–Crippen MR) is 149 cm³/mol. The van der Waals surface area contributed by atoms with Gasteiger partial charge in [0.1, 0.15) is 17.9 Å². The fraction of sp³-hybridized carbons (Fsp3) is 0.433. The van der Waals surface area contributed by atoms with E-state index in [0.29, 0.717) is 22.7 Å². The molecule has 1 atom stereocenters. The number of imide groups is 2. The summed E-state index contributed by atoms with van der Waals surface area (Å²) in [6.45, 7) is 3.59. The molecule has 4 aliphatic heterocycles. The van der Waals surface area contributed by atoms with Crippen LogP contribution in [0.1, 0.15) is 69.6 Å². The van der Waals surface area contributed by atoms with Gasteiger partial charge in [0, 0.05) is 49.9 Å². The molecule has 0 radical (unpaired) electrons. The lowest BCUT2D eigenvalue weighted by atomic mass is 9.98. The average Bonchev–Trinajstić information content (AvgIpc) is 3.22. The number of benzene rings is 2. The fourth-order valence-corrected chi connectivity index (χ4v) is 6.39. The number of carbonyl (C=O) groups excluding carboxylic acids is 5. The monoisotopic (exact) mass is 559 g/mol. The number of nitrogens with two attached hydrogens (primary N) is 1. The molecule has 2 aromatic carbocycles. The Hall–Kier alpha value is -4.25. The van der Waals surface area contributed by atoms with Gasteiger partial charge in [0.15, 0.2) is 0 Å². The van der Waals surface area contributed by atoms with Gasteiger partial charge in [-0.05, 0) is 74.6 Å². The Morgan fingerprint density at radius 2 is 1.51 bits per heavy atom. The molecule has 6 rings (SSSR count). The number of ether oxygens (including phenoxy) is 1. The first-order valence-corrected chi connectivity index (χ1v) is 14.2. The lowest BCUT2D eigenvalue weighted by Crippen LogP contribution is -2.54. The van der Waals surface area contributed by atoms with Crippen LogP contribution in [0, 0.1) is 0 Å². The largest absolute Gasteiger partial charge is 0.490 e. The number of fused-ring (bicyclic) bond motifs is 1. The second-order valence-electron chi connectivity index (χ2n) is 11.1. The van der Waals surface area contributed by atoms with E-state index in [1.165, 1.54) is 0 Å². The molecule has 3 N–H and O–H groups in total. The molecule has 214 valence electrons.